The van der Waals surface area contributed by atoms with E-state index in [1.54, 1.807) is 0 Å². The molecule has 1 unspecified atom stereocenters. The van der Waals surface area contributed by atoms with Gasteiger partial charge in [0, 0.05) is 19.0 Å². The number of thioether (sulfide) groups is 1. The number of rotatable bonds is 5. The van der Waals surface area contributed by atoms with Gasteiger partial charge in [0.15, 0.2) is 0 Å². The lowest BCUT2D eigenvalue weighted by atomic mass is 9.95. The van der Waals surface area contributed by atoms with Gasteiger partial charge in [-0.05, 0) is 37.7 Å². The minimum Gasteiger partial charge on any atom is -0.342 e. The average molecular weight is 298 g/mol. The van der Waals surface area contributed by atoms with Crippen molar-refractivity contribution in [1.82, 2.24) is 10.2 Å². The Morgan fingerprint density at radius 3 is 2.70 bits per heavy atom. The minimum atomic E-state index is -0.584. The Bertz CT molecular complexity index is 367. The summed E-state index contributed by atoms with van der Waals surface area (Å²) in [5.74, 6) is 2.40. The van der Waals surface area contributed by atoms with Gasteiger partial charge in [0.05, 0.1) is 0 Å². The van der Waals surface area contributed by atoms with E-state index in [-0.39, 0.29) is 17.9 Å². The summed E-state index contributed by atoms with van der Waals surface area (Å²) in [7, 11) is 0. The van der Waals surface area contributed by atoms with Crippen LogP contribution in [0.25, 0.3) is 0 Å². The molecule has 2 rings (SSSR count). The molecule has 2 amide bonds. The fourth-order valence-corrected chi connectivity index (χ4v) is 4.07. The third-order valence-corrected chi connectivity index (χ3v) is 5.43. The number of carbonyl (C=O) groups excluding carboxylic acids is 2. The summed E-state index contributed by atoms with van der Waals surface area (Å²) in [5.41, 5.74) is -0.584. The Hall–Kier alpha value is -0.710. The summed E-state index contributed by atoms with van der Waals surface area (Å²) < 4.78 is 0. The molecule has 1 N–H and O–H groups in total. The molecule has 0 aromatic carbocycles. The van der Waals surface area contributed by atoms with Crippen molar-refractivity contribution in [2.24, 2.45) is 0 Å². The maximum atomic E-state index is 12.9. The molecule has 1 saturated carbocycles. The Morgan fingerprint density at radius 2 is 2.05 bits per heavy atom. The predicted molar refractivity (Wildman–Crippen MR) is 82.7 cm³/mol. The van der Waals surface area contributed by atoms with Crippen LogP contribution < -0.4 is 5.32 Å². The molecular formula is C15H26N2O2S. The lowest BCUT2D eigenvalue weighted by Gasteiger charge is -2.35. The van der Waals surface area contributed by atoms with Crippen molar-refractivity contribution in [3.63, 3.8) is 0 Å². The summed E-state index contributed by atoms with van der Waals surface area (Å²) in [6.07, 6.45) is 5.15. The maximum Gasteiger partial charge on any atom is 0.248 e. The fraction of sp³-hybridized carbons (Fsp3) is 0.867. The van der Waals surface area contributed by atoms with E-state index in [2.05, 4.69) is 19.2 Å². The van der Waals surface area contributed by atoms with Crippen LogP contribution in [0.1, 0.15) is 52.4 Å². The molecule has 5 heteroatoms. The first kappa shape index (κ1) is 15.7. The van der Waals surface area contributed by atoms with Gasteiger partial charge in [0.1, 0.15) is 5.54 Å². The summed E-state index contributed by atoms with van der Waals surface area (Å²) in [5, 5.41) is 3.02. The van der Waals surface area contributed by atoms with Crippen molar-refractivity contribution in [2.75, 3.05) is 18.1 Å². The zero-order valence-corrected chi connectivity index (χ0v) is 13.4. The lowest BCUT2D eigenvalue weighted by Crippen LogP contribution is -2.57. The summed E-state index contributed by atoms with van der Waals surface area (Å²) >= 11 is 1.91. The number of hydrogen-bond donors (Lipinski definition) is 1. The van der Waals surface area contributed by atoms with E-state index in [0.717, 1.165) is 43.6 Å². The van der Waals surface area contributed by atoms with Gasteiger partial charge in [0.2, 0.25) is 11.8 Å². The first-order valence-corrected chi connectivity index (χ1v) is 8.94. The molecule has 0 radical (unpaired) electrons. The quantitative estimate of drug-likeness (QED) is 0.792. The minimum absolute atomic E-state index is 0.0397. The van der Waals surface area contributed by atoms with Crippen LogP contribution in [0.3, 0.4) is 0 Å². The molecule has 4 nitrogen and oxygen atoms in total. The zero-order valence-electron chi connectivity index (χ0n) is 12.6. The van der Waals surface area contributed by atoms with E-state index in [4.69, 9.17) is 0 Å². The average Bonchev–Trinajstić information content (AvgIpc) is 2.83. The van der Waals surface area contributed by atoms with E-state index < -0.39 is 5.54 Å². The highest BCUT2D eigenvalue weighted by Gasteiger charge is 2.47. The molecule has 114 valence electrons. The molecule has 0 bridgehead atoms. The number of hydrogen-bond acceptors (Lipinski definition) is 3. The highest BCUT2D eigenvalue weighted by molar-refractivity contribution is 7.99. The van der Waals surface area contributed by atoms with Crippen LogP contribution in [0.4, 0.5) is 0 Å². The molecule has 1 spiro atoms. The molecule has 2 aliphatic rings. The fourth-order valence-electron chi connectivity index (χ4n) is 3.27. The molecule has 2 fully saturated rings. The van der Waals surface area contributed by atoms with Crippen molar-refractivity contribution in [1.29, 1.82) is 0 Å². The summed E-state index contributed by atoms with van der Waals surface area (Å²) in [6, 6.07) is 0.228. The van der Waals surface area contributed by atoms with E-state index in [1.165, 1.54) is 0 Å². The van der Waals surface area contributed by atoms with E-state index >= 15 is 0 Å². The Kier molecular flexibility index (Phi) is 5.35. The smallest absolute Gasteiger partial charge is 0.248 e. The molecule has 0 aromatic heterocycles. The summed E-state index contributed by atoms with van der Waals surface area (Å²) in [4.78, 5) is 26.8. The molecule has 1 aliphatic heterocycles. The lowest BCUT2D eigenvalue weighted by molar-refractivity contribution is -0.140. The Balaban J connectivity index is 2.07. The molecule has 0 aromatic rings. The largest absolute Gasteiger partial charge is 0.342 e. The normalized spacial score (nSPS) is 23.8. The number of amides is 2. The van der Waals surface area contributed by atoms with Crippen LogP contribution in [0.2, 0.25) is 0 Å². The van der Waals surface area contributed by atoms with Gasteiger partial charge in [-0.1, -0.05) is 19.8 Å². The van der Waals surface area contributed by atoms with Crippen molar-refractivity contribution in [3.05, 3.63) is 0 Å². The molecule has 1 heterocycles. The highest BCUT2D eigenvalue weighted by atomic mass is 32.2. The molecule has 1 saturated heterocycles. The number of carbonyl (C=O) groups is 2. The zero-order chi connectivity index (χ0) is 14.6. The number of nitrogens with zero attached hydrogens (tertiary/aromatic N) is 1. The van der Waals surface area contributed by atoms with Gasteiger partial charge < -0.3 is 10.2 Å². The second kappa shape index (κ2) is 6.83. The van der Waals surface area contributed by atoms with E-state index in [9.17, 15) is 9.59 Å². The van der Waals surface area contributed by atoms with Gasteiger partial charge in [-0.15, -0.1) is 0 Å². The van der Waals surface area contributed by atoms with Crippen molar-refractivity contribution >= 4 is 23.6 Å². The highest BCUT2D eigenvalue weighted by Crippen LogP contribution is 2.33. The van der Waals surface area contributed by atoms with Crippen LogP contribution in [0, 0.1) is 0 Å². The van der Waals surface area contributed by atoms with E-state index in [0.29, 0.717) is 13.0 Å². The third-order valence-electron chi connectivity index (χ3n) is 4.50. The Labute approximate surface area is 126 Å². The topological polar surface area (TPSA) is 49.4 Å². The van der Waals surface area contributed by atoms with Crippen LogP contribution in [0.5, 0.6) is 0 Å². The Morgan fingerprint density at radius 1 is 1.35 bits per heavy atom. The van der Waals surface area contributed by atoms with Gasteiger partial charge in [0.25, 0.3) is 0 Å². The molecule has 1 atom stereocenters. The van der Waals surface area contributed by atoms with Crippen molar-refractivity contribution < 1.29 is 9.59 Å². The van der Waals surface area contributed by atoms with Crippen LogP contribution in [-0.2, 0) is 9.59 Å². The van der Waals surface area contributed by atoms with Crippen molar-refractivity contribution in [3.8, 4) is 0 Å². The SMILES string of the molecule is CCSCCC(C)N1CCC(=O)NC2(CCCC2)C1=O. The molecule has 1 aliphatic carbocycles. The van der Waals surface area contributed by atoms with Crippen molar-refractivity contribution in [2.45, 2.75) is 64.0 Å². The van der Waals surface area contributed by atoms with Gasteiger partial charge in [-0.3, -0.25) is 9.59 Å². The van der Waals surface area contributed by atoms with E-state index in [1.807, 2.05) is 16.7 Å². The van der Waals surface area contributed by atoms with Crippen LogP contribution in [-0.4, -0.2) is 46.3 Å². The predicted octanol–water partition coefficient (Wildman–Crippen LogP) is 2.18. The molecule has 20 heavy (non-hydrogen) atoms. The first-order chi connectivity index (χ1) is 9.59. The monoisotopic (exact) mass is 298 g/mol. The van der Waals surface area contributed by atoms with Gasteiger partial charge in [-0.25, -0.2) is 0 Å². The first-order valence-electron chi connectivity index (χ1n) is 7.79. The second-order valence-electron chi connectivity index (χ2n) is 5.92. The van der Waals surface area contributed by atoms with Crippen LogP contribution >= 0.6 is 11.8 Å². The maximum absolute atomic E-state index is 12.9. The summed E-state index contributed by atoms with van der Waals surface area (Å²) in [6.45, 7) is 4.85. The van der Waals surface area contributed by atoms with Gasteiger partial charge in [-0.2, -0.15) is 11.8 Å². The third kappa shape index (κ3) is 3.30. The standard InChI is InChI=1S/C15H26N2O2S/c1-3-20-11-7-12(2)17-10-6-13(18)16-15(14(17)19)8-4-5-9-15/h12H,3-11H2,1-2H3,(H,16,18). The second-order valence-corrected chi connectivity index (χ2v) is 7.31. The number of nitrogens with one attached hydrogen (secondary N) is 1. The van der Waals surface area contributed by atoms with Gasteiger partial charge >= 0.3 is 0 Å². The molecular weight excluding hydrogens is 272 g/mol. The van der Waals surface area contributed by atoms with Crippen LogP contribution in [0.15, 0.2) is 0 Å².